The second kappa shape index (κ2) is 10.7. The van der Waals surface area contributed by atoms with E-state index in [0.29, 0.717) is 16.6 Å². The van der Waals surface area contributed by atoms with Crippen LogP contribution in [0.3, 0.4) is 0 Å². The lowest BCUT2D eigenvalue weighted by Gasteiger charge is -2.32. The van der Waals surface area contributed by atoms with E-state index in [4.69, 9.17) is 0 Å². The molecule has 1 aromatic heterocycles. The second-order valence-corrected chi connectivity index (χ2v) is 10.9. The summed E-state index contributed by atoms with van der Waals surface area (Å²) in [4.78, 5) is 29.3. The van der Waals surface area contributed by atoms with Crippen LogP contribution in [-0.4, -0.2) is 16.0 Å². The number of amides is 1. The molecule has 0 radical (unpaired) electrons. The van der Waals surface area contributed by atoms with Crippen LogP contribution in [0.25, 0.3) is 10.9 Å². The van der Waals surface area contributed by atoms with Crippen molar-refractivity contribution in [1.29, 1.82) is 0 Å². The summed E-state index contributed by atoms with van der Waals surface area (Å²) in [5.41, 5.74) is 2.42. The zero-order valence-corrected chi connectivity index (χ0v) is 22.0. The molecule has 1 amide bonds. The Kier molecular flexibility index (Phi) is 8.09. The minimum absolute atomic E-state index is 0.0489. The summed E-state index contributed by atoms with van der Waals surface area (Å²) in [6, 6.07) is 10.9. The van der Waals surface area contributed by atoms with E-state index >= 15 is 0 Å². The number of aromatic amines is 1. The van der Waals surface area contributed by atoms with Crippen LogP contribution in [0, 0.1) is 0 Å². The zero-order valence-electron chi connectivity index (χ0n) is 22.0. The molecular formula is C30H40N2O3. The topological polar surface area (TPSA) is 82.2 Å². The molecule has 0 saturated heterocycles. The molecule has 0 aliphatic heterocycles. The van der Waals surface area contributed by atoms with Crippen LogP contribution in [0.15, 0.2) is 47.4 Å². The van der Waals surface area contributed by atoms with E-state index in [-0.39, 0.29) is 27.6 Å². The van der Waals surface area contributed by atoms with Crippen molar-refractivity contribution < 1.29 is 9.90 Å². The van der Waals surface area contributed by atoms with Gasteiger partial charge in [-0.15, -0.1) is 0 Å². The van der Waals surface area contributed by atoms with E-state index in [0.717, 1.165) is 49.7 Å². The van der Waals surface area contributed by atoms with E-state index < -0.39 is 5.91 Å². The van der Waals surface area contributed by atoms with Crippen molar-refractivity contribution in [3.05, 3.63) is 69.5 Å². The Bertz CT molecular complexity index is 1250. The van der Waals surface area contributed by atoms with Gasteiger partial charge in [0.2, 0.25) is 5.43 Å². The third-order valence-electron chi connectivity index (χ3n) is 7.19. The van der Waals surface area contributed by atoms with Crippen LogP contribution < -0.4 is 10.7 Å². The highest BCUT2D eigenvalue weighted by molar-refractivity contribution is 6.06. The average Bonchev–Trinajstić information content (AvgIpc) is 2.81. The molecule has 0 aliphatic carbocycles. The Hall–Kier alpha value is -3.08. The monoisotopic (exact) mass is 476 g/mol. The van der Waals surface area contributed by atoms with Crippen LogP contribution in [0.4, 0.5) is 5.69 Å². The van der Waals surface area contributed by atoms with Gasteiger partial charge in [-0.3, -0.25) is 9.59 Å². The minimum atomic E-state index is -0.484. The fourth-order valence-corrected chi connectivity index (χ4v) is 4.83. The van der Waals surface area contributed by atoms with Crippen molar-refractivity contribution in [2.45, 2.75) is 90.9 Å². The first-order valence-electron chi connectivity index (χ1n) is 12.8. The fourth-order valence-electron chi connectivity index (χ4n) is 4.83. The lowest BCUT2D eigenvalue weighted by atomic mass is 9.74. The fraction of sp³-hybridized carbons (Fsp3) is 0.467. The average molecular weight is 477 g/mol. The summed E-state index contributed by atoms with van der Waals surface area (Å²) < 4.78 is 0. The maximum absolute atomic E-state index is 13.3. The lowest BCUT2D eigenvalue weighted by Crippen LogP contribution is -2.26. The molecule has 1 heterocycles. The third kappa shape index (κ3) is 5.77. The molecule has 0 atom stereocenters. The molecule has 188 valence electrons. The number of aromatic hydroxyl groups is 1. The van der Waals surface area contributed by atoms with Gasteiger partial charge in [0.1, 0.15) is 11.3 Å². The van der Waals surface area contributed by atoms with Gasteiger partial charge in [-0.2, -0.15) is 0 Å². The number of rotatable bonds is 10. The van der Waals surface area contributed by atoms with Crippen molar-refractivity contribution in [3.63, 3.8) is 0 Å². The Morgan fingerprint density at radius 2 is 1.54 bits per heavy atom. The third-order valence-corrected chi connectivity index (χ3v) is 7.19. The van der Waals surface area contributed by atoms with Gasteiger partial charge in [0.25, 0.3) is 5.91 Å². The van der Waals surface area contributed by atoms with Gasteiger partial charge in [-0.05, 0) is 53.0 Å². The molecule has 0 bridgehead atoms. The number of pyridine rings is 1. The van der Waals surface area contributed by atoms with Gasteiger partial charge in [0.15, 0.2) is 0 Å². The maximum Gasteiger partial charge on any atom is 0.261 e. The number of para-hydroxylation sites is 1. The highest BCUT2D eigenvalue weighted by Crippen LogP contribution is 2.43. The molecule has 0 unspecified atom stereocenters. The Morgan fingerprint density at radius 1 is 0.943 bits per heavy atom. The van der Waals surface area contributed by atoms with Crippen LogP contribution in [0.2, 0.25) is 0 Å². The second-order valence-electron chi connectivity index (χ2n) is 10.9. The Morgan fingerprint density at radius 3 is 2.17 bits per heavy atom. The molecule has 0 fully saturated rings. The number of phenolic OH excluding ortho intramolecular Hbond substituents is 1. The van der Waals surface area contributed by atoms with Crippen LogP contribution in [-0.2, 0) is 10.8 Å². The summed E-state index contributed by atoms with van der Waals surface area (Å²) in [5.74, 6) is -0.314. The van der Waals surface area contributed by atoms with E-state index in [1.807, 2.05) is 12.1 Å². The van der Waals surface area contributed by atoms with Crippen molar-refractivity contribution in [2.75, 3.05) is 5.32 Å². The molecule has 3 aromatic rings. The normalized spacial score (nSPS) is 12.2. The number of anilines is 1. The summed E-state index contributed by atoms with van der Waals surface area (Å²) in [6.07, 6.45) is 7.67. The minimum Gasteiger partial charge on any atom is -0.508 e. The highest BCUT2D eigenvalue weighted by atomic mass is 16.3. The summed E-state index contributed by atoms with van der Waals surface area (Å²) in [6.45, 7) is 13.0. The van der Waals surface area contributed by atoms with Crippen molar-refractivity contribution in [1.82, 2.24) is 4.98 Å². The largest absolute Gasteiger partial charge is 0.508 e. The molecule has 0 saturated carbocycles. The predicted molar refractivity (Wildman–Crippen MR) is 146 cm³/mol. The quantitative estimate of drug-likeness (QED) is 0.285. The van der Waals surface area contributed by atoms with Crippen LogP contribution >= 0.6 is 0 Å². The van der Waals surface area contributed by atoms with Gasteiger partial charge in [0.05, 0.1) is 0 Å². The van der Waals surface area contributed by atoms with Crippen molar-refractivity contribution in [3.8, 4) is 5.75 Å². The van der Waals surface area contributed by atoms with Crippen molar-refractivity contribution in [2.24, 2.45) is 0 Å². The molecule has 35 heavy (non-hydrogen) atoms. The van der Waals surface area contributed by atoms with Crippen LogP contribution in [0.1, 0.15) is 102 Å². The molecule has 3 rings (SSSR count). The Balaban J connectivity index is 2.08. The number of hydrogen-bond donors (Lipinski definition) is 3. The Labute approximate surface area is 209 Å². The van der Waals surface area contributed by atoms with E-state index in [1.54, 1.807) is 18.2 Å². The number of aromatic nitrogens is 1. The summed E-state index contributed by atoms with van der Waals surface area (Å²) in [7, 11) is 0. The zero-order chi connectivity index (χ0) is 25.8. The highest BCUT2D eigenvalue weighted by Gasteiger charge is 2.30. The first-order valence-corrected chi connectivity index (χ1v) is 12.8. The summed E-state index contributed by atoms with van der Waals surface area (Å²) in [5, 5.41) is 14.5. The molecule has 5 heteroatoms. The van der Waals surface area contributed by atoms with Gasteiger partial charge >= 0.3 is 0 Å². The number of benzene rings is 2. The molecule has 2 aromatic carbocycles. The maximum atomic E-state index is 13.3. The number of unbranched alkanes of at least 4 members (excludes halogenated alkanes) is 2. The van der Waals surface area contributed by atoms with E-state index in [2.05, 4.69) is 57.9 Å². The van der Waals surface area contributed by atoms with Gasteiger partial charge in [-0.25, -0.2) is 0 Å². The molecule has 3 N–H and O–H groups in total. The lowest BCUT2D eigenvalue weighted by molar-refractivity contribution is 0.102. The first-order chi connectivity index (χ1) is 16.5. The van der Waals surface area contributed by atoms with Gasteiger partial charge < -0.3 is 15.4 Å². The molecular weight excluding hydrogens is 436 g/mol. The van der Waals surface area contributed by atoms with E-state index in [1.165, 1.54) is 6.20 Å². The smallest absolute Gasteiger partial charge is 0.261 e. The number of carbonyl (C=O) groups excluding carboxylic acids is 1. The van der Waals surface area contributed by atoms with Crippen LogP contribution in [0.5, 0.6) is 5.75 Å². The number of fused-ring (bicyclic) bond motifs is 1. The molecule has 0 aliphatic rings. The standard InChI is InChI=1S/C30H40N2O3/c1-7-9-15-29(3,4)22-17-23(30(5,6)16-10-8-2)26(33)18-25(22)32-28(35)21-19-31-24-14-12-11-13-20(24)27(21)34/h11-14,17-19,33H,7-10,15-16H2,1-6H3,(H,31,34)(H,32,35). The number of nitrogens with one attached hydrogen (secondary N) is 2. The number of carbonyl (C=O) groups is 1. The number of hydrogen-bond acceptors (Lipinski definition) is 3. The SMILES string of the molecule is CCCCC(C)(C)c1cc(C(C)(C)CCCC)c(NC(=O)c2c[nH]c3ccccc3c2=O)cc1O. The van der Waals surface area contributed by atoms with Gasteiger partial charge in [-0.1, -0.05) is 79.4 Å². The molecule has 0 spiro atoms. The molecule has 5 nitrogen and oxygen atoms in total. The van der Waals surface area contributed by atoms with Gasteiger partial charge in [0, 0.05) is 28.9 Å². The summed E-state index contributed by atoms with van der Waals surface area (Å²) >= 11 is 0. The van der Waals surface area contributed by atoms with Crippen molar-refractivity contribution >= 4 is 22.5 Å². The number of phenols is 1. The first kappa shape index (κ1) is 26.5. The predicted octanol–water partition coefficient (Wildman–Crippen LogP) is 7.42. The van der Waals surface area contributed by atoms with E-state index in [9.17, 15) is 14.7 Å². The number of H-pyrrole nitrogens is 1.